The molecule has 136 valence electrons. The van der Waals surface area contributed by atoms with Crippen LogP contribution >= 0.6 is 0 Å². The Balaban J connectivity index is 2.25. The molecule has 0 unspecified atom stereocenters. The van der Waals surface area contributed by atoms with Crippen molar-refractivity contribution in [3.63, 3.8) is 0 Å². The number of hydrogen-bond donors (Lipinski definition) is 1. The summed E-state index contributed by atoms with van der Waals surface area (Å²) in [6.45, 7) is 2.18. The highest BCUT2D eigenvalue weighted by molar-refractivity contribution is 6.03. The lowest BCUT2D eigenvalue weighted by atomic mass is 10.1. The van der Waals surface area contributed by atoms with Gasteiger partial charge >= 0.3 is 5.97 Å². The zero-order chi connectivity index (χ0) is 19.3. The van der Waals surface area contributed by atoms with Crippen molar-refractivity contribution < 1.29 is 19.2 Å². The Bertz CT molecular complexity index is 815. The van der Waals surface area contributed by atoms with E-state index in [0.717, 1.165) is 32.0 Å². The molecule has 0 atom stereocenters. The monoisotopic (exact) mass is 358 g/mol. The maximum atomic E-state index is 12.4. The van der Waals surface area contributed by atoms with Crippen LogP contribution in [-0.2, 0) is 9.53 Å². The molecular formula is C17H18N4O5. The minimum atomic E-state index is -0.865. The van der Waals surface area contributed by atoms with Gasteiger partial charge in [0, 0.05) is 30.9 Å². The highest BCUT2D eigenvalue weighted by Gasteiger charge is 2.24. The molecule has 26 heavy (non-hydrogen) atoms. The molecule has 1 aromatic carbocycles. The van der Waals surface area contributed by atoms with Gasteiger partial charge in [-0.2, -0.15) is 5.26 Å². The molecule has 1 aromatic rings. The van der Waals surface area contributed by atoms with E-state index in [4.69, 9.17) is 15.7 Å². The summed E-state index contributed by atoms with van der Waals surface area (Å²) in [4.78, 5) is 36.7. The fourth-order valence-corrected chi connectivity index (χ4v) is 2.69. The summed E-state index contributed by atoms with van der Waals surface area (Å²) in [7, 11) is 0. The van der Waals surface area contributed by atoms with Crippen molar-refractivity contribution in [3.8, 4) is 6.07 Å². The maximum Gasteiger partial charge on any atom is 0.340 e. The van der Waals surface area contributed by atoms with Crippen molar-refractivity contribution >= 4 is 23.1 Å². The van der Waals surface area contributed by atoms with Crippen LogP contribution in [0.2, 0.25) is 0 Å². The minimum absolute atomic E-state index is 0.0147. The summed E-state index contributed by atoms with van der Waals surface area (Å²) in [6, 6.07) is 5.63. The number of benzene rings is 1. The normalized spacial score (nSPS) is 14.4. The summed E-state index contributed by atoms with van der Waals surface area (Å²) in [5.74, 6) is -1.59. The van der Waals surface area contributed by atoms with Crippen LogP contribution in [0.4, 0.5) is 11.4 Å². The topological polar surface area (TPSA) is 140 Å². The number of carbonyl (C=O) groups is 2. The molecule has 2 N–H and O–H groups in total. The second-order valence-electron chi connectivity index (χ2n) is 5.82. The van der Waals surface area contributed by atoms with Crippen LogP contribution in [0.1, 0.15) is 30.1 Å². The molecule has 0 aliphatic carbocycles. The van der Waals surface area contributed by atoms with E-state index in [-0.39, 0.29) is 22.5 Å². The summed E-state index contributed by atoms with van der Waals surface area (Å²) in [5, 5.41) is 19.9. The third-order valence-electron chi connectivity index (χ3n) is 3.98. The number of Topliss-reactive ketones (excluding diaryl/α,β-unsaturated/α-hetero) is 1. The molecule has 0 bridgehead atoms. The molecule has 0 aromatic heterocycles. The molecule has 1 aliphatic heterocycles. The zero-order valence-corrected chi connectivity index (χ0v) is 14.2. The second kappa shape index (κ2) is 8.11. The van der Waals surface area contributed by atoms with Crippen LogP contribution in [0.25, 0.3) is 0 Å². The number of nitro benzene ring substituents is 1. The lowest BCUT2D eigenvalue weighted by Gasteiger charge is -2.20. The molecule has 1 heterocycles. The van der Waals surface area contributed by atoms with Gasteiger partial charge in [-0.05, 0) is 25.8 Å². The number of esters is 1. The van der Waals surface area contributed by atoms with E-state index in [1.807, 2.05) is 4.90 Å². The lowest BCUT2D eigenvalue weighted by Crippen LogP contribution is -2.23. The predicted molar refractivity (Wildman–Crippen MR) is 92.3 cm³/mol. The predicted octanol–water partition coefficient (Wildman–Crippen LogP) is 1.68. The number of hydrogen-bond acceptors (Lipinski definition) is 8. The smallest absolute Gasteiger partial charge is 0.340 e. The van der Waals surface area contributed by atoms with Crippen LogP contribution in [0, 0.1) is 21.4 Å². The Labute approximate surface area is 149 Å². The van der Waals surface area contributed by atoms with E-state index < -0.39 is 23.3 Å². The van der Waals surface area contributed by atoms with Gasteiger partial charge in [-0.25, -0.2) is 4.79 Å². The standard InChI is InChI=1S/C17H18N4O5/c1-11(19)14(9-18)16(22)10-26-17(23)13-8-12(21(24)25)4-5-15(13)20-6-2-3-7-20/h4-5,8H,2-3,6-7,10,19H2,1H3. The van der Waals surface area contributed by atoms with E-state index in [1.165, 1.54) is 19.1 Å². The van der Waals surface area contributed by atoms with Gasteiger partial charge in [-0.1, -0.05) is 0 Å². The SMILES string of the molecule is CC(N)=C(C#N)C(=O)COC(=O)c1cc([N+](=O)[O-])ccc1N1CCCC1. The highest BCUT2D eigenvalue weighted by Crippen LogP contribution is 2.29. The van der Waals surface area contributed by atoms with E-state index in [0.29, 0.717) is 5.69 Å². The van der Waals surface area contributed by atoms with Crippen molar-refractivity contribution in [2.75, 3.05) is 24.6 Å². The van der Waals surface area contributed by atoms with Crippen molar-refractivity contribution in [2.45, 2.75) is 19.8 Å². The lowest BCUT2D eigenvalue weighted by molar-refractivity contribution is -0.384. The Hall–Kier alpha value is -3.41. The Morgan fingerprint density at radius 3 is 2.58 bits per heavy atom. The van der Waals surface area contributed by atoms with E-state index in [1.54, 1.807) is 6.07 Å². The number of nitriles is 1. The van der Waals surface area contributed by atoms with Gasteiger partial charge in [0.25, 0.3) is 5.69 Å². The number of carbonyl (C=O) groups excluding carboxylic acids is 2. The Morgan fingerprint density at radius 1 is 1.38 bits per heavy atom. The van der Waals surface area contributed by atoms with E-state index >= 15 is 0 Å². The first kappa shape index (κ1) is 18.9. The number of rotatable bonds is 6. The first-order valence-corrected chi connectivity index (χ1v) is 7.95. The van der Waals surface area contributed by atoms with Gasteiger partial charge in [-0.3, -0.25) is 14.9 Å². The molecular weight excluding hydrogens is 340 g/mol. The van der Waals surface area contributed by atoms with Gasteiger partial charge in [0.05, 0.1) is 16.2 Å². The third-order valence-corrected chi connectivity index (χ3v) is 3.98. The van der Waals surface area contributed by atoms with Crippen molar-refractivity contribution in [1.29, 1.82) is 5.26 Å². The zero-order valence-electron chi connectivity index (χ0n) is 14.2. The molecule has 1 fully saturated rings. The molecule has 0 spiro atoms. The first-order valence-electron chi connectivity index (χ1n) is 7.95. The summed E-state index contributed by atoms with van der Waals surface area (Å²) < 4.78 is 4.98. The van der Waals surface area contributed by atoms with Crippen LogP contribution < -0.4 is 10.6 Å². The number of nitrogens with two attached hydrogens (primary N) is 1. The summed E-state index contributed by atoms with van der Waals surface area (Å²) >= 11 is 0. The number of nitro groups is 1. The fraction of sp³-hybridized carbons (Fsp3) is 0.353. The minimum Gasteiger partial charge on any atom is -0.454 e. The number of nitrogens with zero attached hydrogens (tertiary/aromatic N) is 3. The second-order valence-corrected chi connectivity index (χ2v) is 5.82. The van der Waals surface area contributed by atoms with E-state index in [2.05, 4.69) is 0 Å². The number of allylic oxidation sites excluding steroid dienone is 1. The van der Waals surface area contributed by atoms with Crippen molar-refractivity contribution in [3.05, 3.63) is 45.1 Å². The summed E-state index contributed by atoms with van der Waals surface area (Å²) in [5.41, 5.74) is 5.48. The third kappa shape index (κ3) is 4.16. The van der Waals surface area contributed by atoms with Gasteiger partial charge in [0.1, 0.15) is 11.6 Å². The van der Waals surface area contributed by atoms with Gasteiger partial charge < -0.3 is 15.4 Å². The largest absolute Gasteiger partial charge is 0.454 e. The average Bonchev–Trinajstić information content (AvgIpc) is 3.13. The molecule has 9 nitrogen and oxygen atoms in total. The molecule has 1 saturated heterocycles. The molecule has 1 aliphatic rings. The van der Waals surface area contributed by atoms with Crippen LogP contribution in [0.15, 0.2) is 29.5 Å². The number of non-ortho nitro benzene ring substituents is 1. The molecule has 0 saturated carbocycles. The van der Waals surface area contributed by atoms with E-state index in [9.17, 15) is 19.7 Å². The van der Waals surface area contributed by atoms with Gasteiger partial charge in [0.2, 0.25) is 5.78 Å². The Morgan fingerprint density at radius 2 is 2.04 bits per heavy atom. The fourth-order valence-electron chi connectivity index (χ4n) is 2.69. The number of ketones is 1. The van der Waals surface area contributed by atoms with Crippen molar-refractivity contribution in [2.24, 2.45) is 5.73 Å². The van der Waals surface area contributed by atoms with Gasteiger partial charge in [0.15, 0.2) is 6.61 Å². The van der Waals surface area contributed by atoms with Gasteiger partial charge in [-0.15, -0.1) is 0 Å². The summed E-state index contributed by atoms with van der Waals surface area (Å²) in [6.07, 6.45) is 1.91. The first-order chi connectivity index (χ1) is 12.3. The molecule has 0 amide bonds. The number of ether oxygens (including phenoxy) is 1. The average molecular weight is 358 g/mol. The van der Waals surface area contributed by atoms with Crippen LogP contribution in [-0.4, -0.2) is 36.4 Å². The quantitative estimate of drug-likeness (QED) is 0.266. The Kier molecular flexibility index (Phi) is 5.90. The highest BCUT2D eigenvalue weighted by atomic mass is 16.6. The molecule has 2 rings (SSSR count). The maximum absolute atomic E-state index is 12.4. The van der Waals surface area contributed by atoms with Crippen LogP contribution in [0.3, 0.4) is 0 Å². The molecule has 0 radical (unpaired) electrons. The van der Waals surface area contributed by atoms with Crippen molar-refractivity contribution in [1.82, 2.24) is 0 Å². The molecule has 9 heteroatoms. The van der Waals surface area contributed by atoms with Crippen LogP contribution in [0.5, 0.6) is 0 Å². The number of anilines is 1.